The predicted molar refractivity (Wildman–Crippen MR) is 49.8 cm³/mol. The summed E-state index contributed by atoms with van der Waals surface area (Å²) in [6.07, 6.45) is 7.07. The molecule has 0 spiro atoms. The monoisotopic (exact) mass is 192 g/mol. The van der Waals surface area contributed by atoms with Crippen LogP contribution in [0.4, 0.5) is 0 Å². The Labute approximate surface area is 70.0 Å². The molecule has 0 radical (unpaired) electrons. The van der Waals surface area contributed by atoms with Crippen LogP contribution < -0.4 is 0 Å². The van der Waals surface area contributed by atoms with E-state index in [-0.39, 0.29) is 5.25 Å². The maximum atomic E-state index is 11.3. The normalized spacial score (nSPS) is 40.5. The van der Waals surface area contributed by atoms with Crippen LogP contribution in [0.25, 0.3) is 0 Å². The molecule has 1 aliphatic heterocycles. The third-order valence-electron chi connectivity index (χ3n) is 1.31. The van der Waals surface area contributed by atoms with Gasteiger partial charge in [0.15, 0.2) is 0 Å². The first kappa shape index (κ1) is 8.38. The number of hydrogen-bond donors (Lipinski definition) is 0. The van der Waals surface area contributed by atoms with Crippen molar-refractivity contribution in [1.29, 1.82) is 0 Å². The molecule has 1 heterocycles. The van der Waals surface area contributed by atoms with Crippen LogP contribution in [-0.2, 0) is 18.7 Å². The molecule has 0 aromatic carbocycles. The summed E-state index contributed by atoms with van der Waals surface area (Å²) in [5.41, 5.74) is 0. The lowest BCUT2D eigenvalue weighted by atomic mass is 10.2. The zero-order valence-corrected chi connectivity index (χ0v) is 7.86. The fraction of sp³-hybridized carbons (Fsp3) is 0.667. The summed E-state index contributed by atoms with van der Waals surface area (Å²) in [6, 6.07) is 0. The molecule has 1 aliphatic rings. The van der Waals surface area contributed by atoms with Crippen LogP contribution in [0, 0.1) is 12.3 Å². The minimum atomic E-state index is -2.04. The Morgan fingerprint density at radius 3 is 2.90 bits per heavy atom. The lowest BCUT2D eigenvalue weighted by Crippen LogP contribution is -2.14. The van der Waals surface area contributed by atoms with Crippen molar-refractivity contribution in [2.24, 2.45) is 0 Å². The maximum Gasteiger partial charge on any atom is 0.0830 e. The van der Waals surface area contributed by atoms with E-state index >= 15 is 0 Å². The van der Waals surface area contributed by atoms with Gasteiger partial charge in [-0.05, 0) is 34.8 Å². The molecule has 1 saturated heterocycles. The maximum absolute atomic E-state index is 11.3. The van der Waals surface area contributed by atoms with E-state index in [2.05, 4.69) is 5.92 Å². The highest BCUT2D eigenvalue weighted by Crippen LogP contribution is 2.29. The fourth-order valence-electron chi connectivity index (χ4n) is 0.830. The van der Waals surface area contributed by atoms with Crippen molar-refractivity contribution in [3.05, 3.63) is 0 Å². The lowest BCUT2D eigenvalue weighted by molar-refractivity contribution is 0.684. The molecule has 1 fully saturated rings. The van der Waals surface area contributed by atoms with Crippen LogP contribution in [0.1, 0.15) is 12.8 Å². The molecule has 10 heavy (non-hydrogen) atoms. The minimum Gasteiger partial charge on any atom is -0.246 e. The van der Waals surface area contributed by atoms with E-state index in [1.165, 1.54) is 10.8 Å². The number of rotatable bonds is 0. The molecular formula is C6H8OS3. The second-order valence-electron chi connectivity index (χ2n) is 2.16. The highest BCUT2D eigenvalue weighted by atomic mass is 33.3. The molecule has 0 bridgehead atoms. The lowest BCUT2D eigenvalue weighted by Gasteiger charge is -2.17. The highest BCUT2D eigenvalue weighted by molar-refractivity contribution is 8.85. The minimum absolute atomic E-state index is 0.0961. The molecule has 1 rings (SSSR count). The van der Waals surface area contributed by atoms with Gasteiger partial charge < -0.3 is 0 Å². The molecule has 0 aliphatic carbocycles. The topological polar surface area (TPSA) is 17.1 Å². The Morgan fingerprint density at radius 2 is 2.50 bits per heavy atom. The van der Waals surface area contributed by atoms with Crippen molar-refractivity contribution in [2.45, 2.75) is 18.1 Å². The van der Waals surface area contributed by atoms with E-state index < -0.39 is 7.52 Å². The second kappa shape index (κ2) is 3.12. The zero-order valence-electron chi connectivity index (χ0n) is 5.41. The molecule has 0 amide bonds. The Hall–Kier alpha value is 0.280. The van der Waals surface area contributed by atoms with Gasteiger partial charge in [0.25, 0.3) is 0 Å². The first-order valence-electron chi connectivity index (χ1n) is 3.01. The molecule has 0 saturated carbocycles. The third-order valence-corrected chi connectivity index (χ3v) is 6.28. The summed E-state index contributed by atoms with van der Waals surface area (Å²) in [4.78, 5) is 0. The molecule has 0 N–H and O–H groups in total. The smallest absolute Gasteiger partial charge is 0.0830 e. The van der Waals surface area contributed by atoms with Gasteiger partial charge in [-0.2, -0.15) is 0 Å². The summed E-state index contributed by atoms with van der Waals surface area (Å²) in [7, 11) is -0.741. The van der Waals surface area contributed by atoms with Crippen LogP contribution in [0.3, 0.4) is 0 Å². The van der Waals surface area contributed by atoms with E-state index in [0.717, 1.165) is 12.8 Å². The van der Waals surface area contributed by atoms with Crippen molar-refractivity contribution in [2.75, 3.05) is 5.75 Å². The van der Waals surface area contributed by atoms with Gasteiger partial charge in [0.05, 0.1) is 12.8 Å². The number of hydrogen-bond acceptors (Lipinski definition) is 3. The van der Waals surface area contributed by atoms with Crippen molar-refractivity contribution < 1.29 is 4.21 Å². The van der Waals surface area contributed by atoms with E-state index in [1.54, 1.807) is 0 Å². The van der Waals surface area contributed by atoms with Gasteiger partial charge in [-0.25, -0.2) is 4.21 Å². The SMILES string of the molecule is C#CC1CCCS(=O)(=S)S1. The average molecular weight is 192 g/mol. The fourth-order valence-corrected chi connectivity index (χ4v) is 5.49. The summed E-state index contributed by atoms with van der Waals surface area (Å²) >= 11 is 4.83. The Kier molecular flexibility index (Phi) is 2.61. The molecule has 2 unspecified atom stereocenters. The van der Waals surface area contributed by atoms with Gasteiger partial charge in [0.2, 0.25) is 0 Å². The van der Waals surface area contributed by atoms with E-state index in [1.807, 2.05) is 0 Å². The summed E-state index contributed by atoms with van der Waals surface area (Å²) in [6.45, 7) is 0. The van der Waals surface area contributed by atoms with Gasteiger partial charge in [0.1, 0.15) is 0 Å². The molecule has 1 nitrogen and oxygen atoms in total. The molecule has 0 aromatic heterocycles. The van der Waals surface area contributed by atoms with E-state index in [0.29, 0.717) is 5.75 Å². The van der Waals surface area contributed by atoms with E-state index in [4.69, 9.17) is 17.6 Å². The van der Waals surface area contributed by atoms with Gasteiger partial charge in [0, 0.05) is 5.75 Å². The molecule has 0 aromatic rings. The van der Waals surface area contributed by atoms with Gasteiger partial charge in [-0.3, -0.25) is 0 Å². The van der Waals surface area contributed by atoms with Crippen LogP contribution >= 0.6 is 10.8 Å². The van der Waals surface area contributed by atoms with Crippen molar-refractivity contribution in [3.63, 3.8) is 0 Å². The second-order valence-corrected chi connectivity index (χ2v) is 8.88. The van der Waals surface area contributed by atoms with Gasteiger partial charge >= 0.3 is 0 Å². The largest absolute Gasteiger partial charge is 0.246 e. The quantitative estimate of drug-likeness (QED) is 0.424. The summed E-state index contributed by atoms with van der Waals surface area (Å²) in [5.74, 6) is 3.23. The highest BCUT2D eigenvalue weighted by Gasteiger charge is 2.20. The first-order valence-corrected chi connectivity index (χ1v) is 7.06. The van der Waals surface area contributed by atoms with Crippen molar-refractivity contribution >= 4 is 29.5 Å². The van der Waals surface area contributed by atoms with Crippen LogP contribution in [-0.4, -0.2) is 15.2 Å². The third kappa shape index (κ3) is 2.15. The molecule has 2 atom stereocenters. The summed E-state index contributed by atoms with van der Waals surface area (Å²) in [5, 5.41) is 0.0961. The number of terminal acetylenes is 1. The van der Waals surface area contributed by atoms with Gasteiger partial charge in [-0.1, -0.05) is 5.92 Å². The van der Waals surface area contributed by atoms with Gasteiger partial charge in [-0.15, -0.1) is 6.42 Å². The molecule has 4 heteroatoms. The summed E-state index contributed by atoms with van der Waals surface area (Å²) < 4.78 is 11.3. The van der Waals surface area contributed by atoms with Crippen molar-refractivity contribution in [1.82, 2.24) is 0 Å². The predicted octanol–water partition coefficient (Wildman–Crippen LogP) is 1.18. The standard InChI is InChI=1S/C6H8OS3/c1-2-6-4-3-5-10(7,8)9-6/h1,6H,3-5H2. The molecular weight excluding hydrogens is 184 g/mol. The van der Waals surface area contributed by atoms with Crippen LogP contribution in [0.5, 0.6) is 0 Å². The Bertz CT molecular complexity index is 247. The Morgan fingerprint density at radius 1 is 1.80 bits per heavy atom. The first-order chi connectivity index (χ1) is 4.64. The Balaban J connectivity index is 2.67. The zero-order chi connectivity index (χ0) is 7.61. The van der Waals surface area contributed by atoms with Crippen molar-refractivity contribution in [3.8, 4) is 12.3 Å². The average Bonchev–Trinajstić information content (AvgIpc) is 1.86. The van der Waals surface area contributed by atoms with Crippen LogP contribution in [0.2, 0.25) is 0 Å². The van der Waals surface area contributed by atoms with Crippen LogP contribution in [0.15, 0.2) is 0 Å². The van der Waals surface area contributed by atoms with E-state index in [9.17, 15) is 4.21 Å². The molecule has 56 valence electrons.